The van der Waals surface area contributed by atoms with Crippen molar-refractivity contribution in [3.05, 3.63) is 47.8 Å². The maximum Gasteiger partial charge on any atom is 0.129 e. The first-order valence-electron chi connectivity index (χ1n) is 5.25. The van der Waals surface area contributed by atoms with Crippen LogP contribution in [0.3, 0.4) is 0 Å². The van der Waals surface area contributed by atoms with E-state index < -0.39 is 0 Å². The molecule has 0 saturated carbocycles. The summed E-state index contributed by atoms with van der Waals surface area (Å²) >= 11 is 0. The molecule has 0 radical (unpaired) electrons. The van der Waals surface area contributed by atoms with Crippen molar-refractivity contribution in [1.29, 1.82) is 5.26 Å². The maximum atomic E-state index is 8.89. The van der Waals surface area contributed by atoms with Crippen LogP contribution in [0.25, 0.3) is 11.1 Å². The van der Waals surface area contributed by atoms with Crippen LogP contribution in [0.5, 0.6) is 5.75 Å². The van der Waals surface area contributed by atoms with Crippen molar-refractivity contribution in [3.8, 4) is 22.9 Å². The van der Waals surface area contributed by atoms with Crippen LogP contribution >= 0.6 is 0 Å². The molecule has 0 atom stereocenters. The fourth-order valence-corrected chi connectivity index (χ4v) is 1.73. The Balaban J connectivity index is 2.54. The first kappa shape index (κ1) is 11.2. The third kappa shape index (κ3) is 2.11. The summed E-state index contributed by atoms with van der Waals surface area (Å²) in [6, 6.07) is 9.67. The lowest BCUT2D eigenvalue weighted by Crippen LogP contribution is -1.90. The minimum Gasteiger partial charge on any atom is -0.496 e. The van der Waals surface area contributed by atoms with Crippen LogP contribution in [-0.4, -0.2) is 12.1 Å². The Morgan fingerprint density at radius 3 is 2.76 bits per heavy atom. The van der Waals surface area contributed by atoms with Gasteiger partial charge >= 0.3 is 0 Å². The summed E-state index contributed by atoms with van der Waals surface area (Å²) in [5, 5.41) is 8.89. The molecule has 0 amide bonds. The van der Waals surface area contributed by atoms with E-state index in [1.54, 1.807) is 19.5 Å². The zero-order chi connectivity index (χ0) is 12.3. The molecule has 1 aromatic carbocycles. The zero-order valence-electron chi connectivity index (χ0n) is 9.77. The highest BCUT2D eigenvalue weighted by molar-refractivity contribution is 5.70. The molecule has 0 aliphatic heterocycles. The van der Waals surface area contributed by atoms with E-state index in [0.29, 0.717) is 5.56 Å². The Morgan fingerprint density at radius 1 is 1.29 bits per heavy atom. The predicted octanol–water partition coefficient (Wildman–Crippen LogP) is 2.94. The van der Waals surface area contributed by atoms with Gasteiger partial charge in [0, 0.05) is 18.0 Å². The molecule has 0 saturated heterocycles. The normalized spacial score (nSPS) is 9.71. The van der Waals surface area contributed by atoms with Crippen molar-refractivity contribution in [2.24, 2.45) is 0 Å². The zero-order valence-corrected chi connectivity index (χ0v) is 9.77. The van der Waals surface area contributed by atoms with Crippen LogP contribution < -0.4 is 4.74 Å². The van der Waals surface area contributed by atoms with Gasteiger partial charge in [0.05, 0.1) is 18.7 Å². The van der Waals surface area contributed by atoms with E-state index in [0.717, 1.165) is 22.4 Å². The van der Waals surface area contributed by atoms with Gasteiger partial charge in [-0.3, -0.25) is 4.98 Å². The van der Waals surface area contributed by atoms with Crippen molar-refractivity contribution in [1.82, 2.24) is 4.98 Å². The second kappa shape index (κ2) is 4.67. The number of pyridine rings is 1. The molecule has 0 aliphatic carbocycles. The van der Waals surface area contributed by atoms with Crippen molar-refractivity contribution < 1.29 is 4.74 Å². The Kier molecular flexibility index (Phi) is 3.06. The standard InChI is InChI=1S/C14H12N2O/c1-10-7-11(3-4-12(10)8-15)13-9-16-6-5-14(13)17-2/h3-7,9H,1-2H3. The van der Waals surface area contributed by atoms with Gasteiger partial charge in [-0.1, -0.05) is 6.07 Å². The van der Waals surface area contributed by atoms with Crippen molar-refractivity contribution in [2.75, 3.05) is 7.11 Å². The van der Waals surface area contributed by atoms with Gasteiger partial charge in [0.25, 0.3) is 0 Å². The molecule has 0 aliphatic rings. The smallest absolute Gasteiger partial charge is 0.129 e. The van der Waals surface area contributed by atoms with E-state index in [1.807, 2.05) is 31.2 Å². The number of methoxy groups -OCH3 is 1. The number of nitriles is 1. The molecular formula is C14H12N2O. The maximum absolute atomic E-state index is 8.89. The summed E-state index contributed by atoms with van der Waals surface area (Å²) in [7, 11) is 1.63. The molecule has 2 aromatic rings. The summed E-state index contributed by atoms with van der Waals surface area (Å²) < 4.78 is 5.29. The van der Waals surface area contributed by atoms with E-state index in [2.05, 4.69) is 11.1 Å². The Hall–Kier alpha value is -2.34. The highest BCUT2D eigenvalue weighted by Crippen LogP contribution is 2.29. The summed E-state index contributed by atoms with van der Waals surface area (Å²) in [6.45, 7) is 1.92. The Morgan fingerprint density at radius 2 is 2.12 bits per heavy atom. The minimum absolute atomic E-state index is 0.691. The third-order valence-corrected chi connectivity index (χ3v) is 2.66. The highest BCUT2D eigenvalue weighted by atomic mass is 16.5. The van der Waals surface area contributed by atoms with Gasteiger partial charge in [0.2, 0.25) is 0 Å². The average molecular weight is 224 g/mol. The second-order valence-corrected chi connectivity index (χ2v) is 3.72. The summed E-state index contributed by atoms with van der Waals surface area (Å²) in [6.07, 6.45) is 3.46. The van der Waals surface area contributed by atoms with E-state index >= 15 is 0 Å². The van der Waals surface area contributed by atoms with E-state index in [4.69, 9.17) is 10.00 Å². The fraction of sp³-hybridized carbons (Fsp3) is 0.143. The monoisotopic (exact) mass is 224 g/mol. The highest BCUT2D eigenvalue weighted by Gasteiger charge is 2.07. The van der Waals surface area contributed by atoms with E-state index in [-0.39, 0.29) is 0 Å². The van der Waals surface area contributed by atoms with Crippen LogP contribution in [0.4, 0.5) is 0 Å². The SMILES string of the molecule is COc1ccncc1-c1ccc(C#N)c(C)c1. The lowest BCUT2D eigenvalue weighted by molar-refractivity contribution is 0.416. The molecule has 3 nitrogen and oxygen atoms in total. The van der Waals surface area contributed by atoms with Crippen molar-refractivity contribution in [3.63, 3.8) is 0 Å². The molecule has 1 aromatic heterocycles. The van der Waals surface area contributed by atoms with Crippen LogP contribution in [0.15, 0.2) is 36.7 Å². The molecule has 2 rings (SSSR count). The second-order valence-electron chi connectivity index (χ2n) is 3.72. The van der Waals surface area contributed by atoms with Gasteiger partial charge in [-0.25, -0.2) is 0 Å². The quantitative estimate of drug-likeness (QED) is 0.787. The number of benzene rings is 1. The molecular weight excluding hydrogens is 212 g/mol. The van der Waals surface area contributed by atoms with Gasteiger partial charge in [-0.05, 0) is 36.2 Å². The number of hydrogen-bond donors (Lipinski definition) is 0. The lowest BCUT2D eigenvalue weighted by atomic mass is 10.0. The molecule has 84 valence electrons. The van der Waals surface area contributed by atoms with Crippen molar-refractivity contribution >= 4 is 0 Å². The van der Waals surface area contributed by atoms with Crippen LogP contribution in [-0.2, 0) is 0 Å². The molecule has 0 bridgehead atoms. The summed E-state index contributed by atoms with van der Waals surface area (Å²) in [5.41, 5.74) is 3.58. The summed E-state index contributed by atoms with van der Waals surface area (Å²) in [4.78, 5) is 4.10. The number of ether oxygens (including phenoxy) is 1. The first-order valence-corrected chi connectivity index (χ1v) is 5.25. The molecule has 3 heteroatoms. The molecule has 0 fully saturated rings. The average Bonchev–Trinajstić information content (AvgIpc) is 2.38. The lowest BCUT2D eigenvalue weighted by Gasteiger charge is -2.08. The number of nitrogens with zero attached hydrogens (tertiary/aromatic N) is 2. The van der Waals surface area contributed by atoms with Gasteiger partial charge in [0.15, 0.2) is 0 Å². The van der Waals surface area contributed by atoms with Gasteiger partial charge in [0.1, 0.15) is 5.75 Å². The van der Waals surface area contributed by atoms with Crippen LogP contribution in [0.1, 0.15) is 11.1 Å². The number of aromatic nitrogens is 1. The van der Waals surface area contributed by atoms with E-state index in [1.165, 1.54) is 0 Å². The largest absolute Gasteiger partial charge is 0.496 e. The third-order valence-electron chi connectivity index (χ3n) is 2.66. The van der Waals surface area contributed by atoms with Gasteiger partial charge in [-0.15, -0.1) is 0 Å². The van der Waals surface area contributed by atoms with E-state index in [9.17, 15) is 0 Å². The van der Waals surface area contributed by atoms with Gasteiger partial charge < -0.3 is 4.74 Å². The fourth-order valence-electron chi connectivity index (χ4n) is 1.73. The molecule has 17 heavy (non-hydrogen) atoms. The number of aryl methyl sites for hydroxylation is 1. The van der Waals surface area contributed by atoms with Crippen LogP contribution in [0, 0.1) is 18.3 Å². The Bertz CT molecular complexity index is 585. The minimum atomic E-state index is 0.691. The van der Waals surface area contributed by atoms with Crippen LogP contribution in [0.2, 0.25) is 0 Å². The predicted molar refractivity (Wildman–Crippen MR) is 65.7 cm³/mol. The number of rotatable bonds is 2. The topological polar surface area (TPSA) is 45.9 Å². The molecule has 0 spiro atoms. The summed E-state index contributed by atoms with van der Waals surface area (Å²) in [5.74, 6) is 0.782. The Labute approximate surface area is 100 Å². The van der Waals surface area contributed by atoms with Gasteiger partial charge in [-0.2, -0.15) is 5.26 Å². The van der Waals surface area contributed by atoms with Crippen molar-refractivity contribution in [2.45, 2.75) is 6.92 Å². The molecule has 0 N–H and O–H groups in total. The molecule has 1 heterocycles. The molecule has 0 unspecified atom stereocenters. The number of hydrogen-bond acceptors (Lipinski definition) is 3. The first-order chi connectivity index (χ1) is 8.26.